The standard InChI is InChI=1S/C18H23NO4/c1-18(2)22-14-8-11-5-6-19-16(11)15(17(14)23-18)10-3-4-12-13(7-10)21-9-20-12/h3-4,7,11,14-17,19H,5-6,8-9H2,1-2H3/t11-,14+,15+,16-,17+/m1/s1. The Morgan fingerprint density at radius 3 is 2.91 bits per heavy atom. The van der Waals surface area contributed by atoms with Crippen molar-refractivity contribution in [3.63, 3.8) is 0 Å². The van der Waals surface area contributed by atoms with Gasteiger partial charge in [-0.05, 0) is 56.8 Å². The zero-order chi connectivity index (χ0) is 15.6. The minimum Gasteiger partial charge on any atom is -0.454 e. The number of rotatable bonds is 1. The van der Waals surface area contributed by atoms with Gasteiger partial charge >= 0.3 is 0 Å². The topological polar surface area (TPSA) is 49.0 Å². The van der Waals surface area contributed by atoms with Crippen LogP contribution in [0.1, 0.15) is 38.2 Å². The van der Waals surface area contributed by atoms with Gasteiger partial charge in [-0.3, -0.25) is 0 Å². The lowest BCUT2D eigenvalue weighted by atomic mass is 9.71. The molecule has 5 rings (SSSR count). The summed E-state index contributed by atoms with van der Waals surface area (Å²) in [4.78, 5) is 0. The van der Waals surface area contributed by atoms with Gasteiger partial charge in [0.05, 0.1) is 12.2 Å². The first-order valence-corrected chi connectivity index (χ1v) is 8.59. The van der Waals surface area contributed by atoms with E-state index in [1.807, 2.05) is 19.9 Å². The first kappa shape index (κ1) is 14.1. The molecule has 3 heterocycles. The molecule has 0 amide bonds. The molecule has 124 valence electrons. The molecule has 3 aliphatic heterocycles. The van der Waals surface area contributed by atoms with Crippen LogP contribution in [0.2, 0.25) is 0 Å². The van der Waals surface area contributed by atoms with Crippen LogP contribution in [0.5, 0.6) is 11.5 Å². The number of benzene rings is 1. The summed E-state index contributed by atoms with van der Waals surface area (Å²) in [6, 6.07) is 6.76. The van der Waals surface area contributed by atoms with E-state index in [9.17, 15) is 0 Å². The Bertz CT molecular complexity index is 631. The Morgan fingerprint density at radius 2 is 2.00 bits per heavy atom. The Balaban J connectivity index is 1.55. The summed E-state index contributed by atoms with van der Waals surface area (Å²) >= 11 is 0. The molecule has 5 heteroatoms. The van der Waals surface area contributed by atoms with E-state index in [-0.39, 0.29) is 18.1 Å². The molecule has 4 aliphatic rings. The zero-order valence-corrected chi connectivity index (χ0v) is 13.6. The molecule has 1 aliphatic carbocycles. The van der Waals surface area contributed by atoms with Crippen LogP contribution in [0, 0.1) is 5.92 Å². The van der Waals surface area contributed by atoms with E-state index >= 15 is 0 Å². The minimum atomic E-state index is -0.497. The predicted molar refractivity (Wildman–Crippen MR) is 83.6 cm³/mol. The quantitative estimate of drug-likeness (QED) is 0.862. The third-order valence-corrected chi connectivity index (χ3v) is 5.68. The summed E-state index contributed by atoms with van der Waals surface area (Å²) in [7, 11) is 0. The second kappa shape index (κ2) is 4.85. The van der Waals surface area contributed by atoms with Gasteiger partial charge in [0.25, 0.3) is 0 Å². The van der Waals surface area contributed by atoms with E-state index in [4.69, 9.17) is 18.9 Å². The summed E-state index contributed by atoms with van der Waals surface area (Å²) < 4.78 is 23.5. The number of ether oxygens (including phenoxy) is 4. The van der Waals surface area contributed by atoms with Crippen LogP contribution in [-0.2, 0) is 9.47 Å². The van der Waals surface area contributed by atoms with Crippen LogP contribution in [0.4, 0.5) is 0 Å². The number of fused-ring (bicyclic) bond motifs is 3. The normalized spacial score (nSPS) is 40.0. The van der Waals surface area contributed by atoms with Crippen LogP contribution in [0.15, 0.2) is 18.2 Å². The number of hydrogen-bond donors (Lipinski definition) is 1. The van der Waals surface area contributed by atoms with Crippen molar-refractivity contribution in [1.82, 2.24) is 5.32 Å². The lowest BCUT2D eigenvalue weighted by Gasteiger charge is -2.40. The molecule has 3 fully saturated rings. The molecule has 0 bridgehead atoms. The van der Waals surface area contributed by atoms with Gasteiger partial charge in [0.15, 0.2) is 17.3 Å². The maximum atomic E-state index is 6.31. The second-order valence-electron chi connectivity index (χ2n) is 7.54. The Hall–Kier alpha value is -1.30. The van der Waals surface area contributed by atoms with E-state index in [0.717, 1.165) is 24.5 Å². The van der Waals surface area contributed by atoms with Crippen LogP contribution < -0.4 is 14.8 Å². The smallest absolute Gasteiger partial charge is 0.231 e. The van der Waals surface area contributed by atoms with Gasteiger partial charge in [0, 0.05) is 12.0 Å². The van der Waals surface area contributed by atoms with Crippen molar-refractivity contribution < 1.29 is 18.9 Å². The molecule has 5 atom stereocenters. The van der Waals surface area contributed by atoms with Gasteiger partial charge < -0.3 is 24.3 Å². The molecule has 1 aromatic carbocycles. The molecular weight excluding hydrogens is 294 g/mol. The van der Waals surface area contributed by atoms with Crippen LogP contribution >= 0.6 is 0 Å². The van der Waals surface area contributed by atoms with Gasteiger partial charge in [-0.25, -0.2) is 0 Å². The average molecular weight is 317 g/mol. The fourth-order valence-electron chi connectivity index (χ4n) is 4.84. The molecule has 0 spiro atoms. The van der Waals surface area contributed by atoms with Crippen LogP contribution in [0.3, 0.4) is 0 Å². The summed E-state index contributed by atoms with van der Waals surface area (Å²) in [6.07, 6.45) is 2.59. The lowest BCUT2D eigenvalue weighted by Crippen LogP contribution is -2.49. The van der Waals surface area contributed by atoms with Gasteiger partial charge in [-0.1, -0.05) is 6.07 Å². The third kappa shape index (κ3) is 2.17. The highest BCUT2D eigenvalue weighted by molar-refractivity contribution is 5.46. The van der Waals surface area contributed by atoms with Crippen LogP contribution in [0.25, 0.3) is 0 Å². The summed E-state index contributed by atoms with van der Waals surface area (Å²) in [5.41, 5.74) is 1.26. The molecule has 0 unspecified atom stereocenters. The summed E-state index contributed by atoms with van der Waals surface area (Å²) in [5.74, 6) is 2.13. The third-order valence-electron chi connectivity index (χ3n) is 5.68. The highest BCUT2D eigenvalue weighted by atomic mass is 16.8. The highest BCUT2D eigenvalue weighted by Crippen LogP contribution is 2.49. The number of hydrogen-bond acceptors (Lipinski definition) is 5. The Morgan fingerprint density at radius 1 is 1.13 bits per heavy atom. The maximum absolute atomic E-state index is 6.31. The van der Waals surface area contributed by atoms with E-state index in [1.54, 1.807) is 0 Å². The molecule has 0 aromatic heterocycles. The monoisotopic (exact) mass is 317 g/mol. The minimum absolute atomic E-state index is 0.0946. The molecule has 2 saturated heterocycles. The first-order chi connectivity index (χ1) is 11.1. The molecule has 1 aromatic rings. The molecule has 1 saturated carbocycles. The maximum Gasteiger partial charge on any atom is 0.231 e. The van der Waals surface area contributed by atoms with Crippen molar-refractivity contribution in [3.8, 4) is 11.5 Å². The summed E-state index contributed by atoms with van der Waals surface area (Å²) in [5, 5.41) is 3.71. The predicted octanol–water partition coefficient (Wildman–Crippen LogP) is 2.40. The molecule has 0 radical (unpaired) electrons. The van der Waals surface area contributed by atoms with Crippen molar-refractivity contribution in [2.24, 2.45) is 5.92 Å². The van der Waals surface area contributed by atoms with E-state index in [0.29, 0.717) is 18.8 Å². The second-order valence-corrected chi connectivity index (χ2v) is 7.54. The SMILES string of the molecule is CC1(C)O[C@@H]2[C@@H](c3ccc4c(c3)OCO4)[C@@H]3NCC[C@@H]3C[C@@H]2O1. The first-order valence-electron chi connectivity index (χ1n) is 8.59. The zero-order valence-electron chi connectivity index (χ0n) is 13.6. The van der Waals surface area contributed by atoms with Crippen molar-refractivity contribution in [1.29, 1.82) is 0 Å². The molecule has 5 nitrogen and oxygen atoms in total. The van der Waals surface area contributed by atoms with Gasteiger partial charge in [-0.15, -0.1) is 0 Å². The Labute approximate surface area is 136 Å². The van der Waals surface area contributed by atoms with Crippen molar-refractivity contribution in [2.45, 2.75) is 56.6 Å². The summed E-state index contributed by atoms with van der Waals surface area (Å²) in [6.45, 7) is 5.43. The average Bonchev–Trinajstić information content (AvgIpc) is 3.19. The Kier molecular flexibility index (Phi) is 2.97. The lowest BCUT2D eigenvalue weighted by molar-refractivity contribution is -0.147. The van der Waals surface area contributed by atoms with E-state index in [1.165, 1.54) is 12.0 Å². The molecular formula is C18H23NO4. The van der Waals surface area contributed by atoms with Crippen molar-refractivity contribution >= 4 is 0 Å². The molecule has 1 N–H and O–H groups in total. The number of nitrogens with one attached hydrogen (secondary N) is 1. The van der Waals surface area contributed by atoms with Gasteiger partial charge in [0.1, 0.15) is 0 Å². The van der Waals surface area contributed by atoms with Gasteiger partial charge in [0.2, 0.25) is 6.79 Å². The largest absolute Gasteiger partial charge is 0.454 e. The van der Waals surface area contributed by atoms with Crippen molar-refractivity contribution in [2.75, 3.05) is 13.3 Å². The highest BCUT2D eigenvalue weighted by Gasteiger charge is 2.54. The van der Waals surface area contributed by atoms with Crippen LogP contribution in [-0.4, -0.2) is 37.4 Å². The van der Waals surface area contributed by atoms with Gasteiger partial charge in [-0.2, -0.15) is 0 Å². The van der Waals surface area contributed by atoms with E-state index in [2.05, 4.69) is 17.4 Å². The van der Waals surface area contributed by atoms with Crippen molar-refractivity contribution in [3.05, 3.63) is 23.8 Å². The molecule has 23 heavy (non-hydrogen) atoms. The van der Waals surface area contributed by atoms with E-state index < -0.39 is 5.79 Å². The fraction of sp³-hybridized carbons (Fsp3) is 0.667. The fourth-order valence-corrected chi connectivity index (χ4v) is 4.84.